The lowest BCUT2D eigenvalue weighted by atomic mass is 9.88. The number of hydrogen-bond donors (Lipinski definition) is 2. The van der Waals surface area contributed by atoms with E-state index in [4.69, 9.17) is 9.47 Å². The topological polar surface area (TPSA) is 84.9 Å². The molecule has 1 amide bonds. The molecule has 3 aromatic rings. The third-order valence-corrected chi connectivity index (χ3v) is 6.41. The summed E-state index contributed by atoms with van der Waals surface area (Å²) in [7, 11) is 1.55. The molecule has 1 aliphatic rings. The number of aromatic carboxylic acids is 1. The lowest BCUT2D eigenvalue weighted by molar-refractivity contribution is -0.116. The number of fused-ring (bicyclic) bond motifs is 1. The van der Waals surface area contributed by atoms with E-state index in [1.807, 2.05) is 19.1 Å². The van der Waals surface area contributed by atoms with Gasteiger partial charge in [-0.25, -0.2) is 9.18 Å². The van der Waals surface area contributed by atoms with Crippen LogP contribution in [0.4, 0.5) is 10.1 Å². The summed E-state index contributed by atoms with van der Waals surface area (Å²) in [5.41, 5.74) is 2.21. The van der Waals surface area contributed by atoms with Crippen LogP contribution in [0.2, 0.25) is 0 Å². The number of carboxylic acids is 1. The fourth-order valence-corrected chi connectivity index (χ4v) is 5.02. The molecule has 2 N–H and O–H groups in total. The Morgan fingerprint density at radius 1 is 1.23 bits per heavy atom. The average Bonchev–Trinajstić information content (AvgIpc) is 3.13. The number of rotatable bonds is 6. The van der Waals surface area contributed by atoms with Gasteiger partial charge in [0.25, 0.3) is 0 Å². The molecule has 0 aliphatic carbocycles. The number of ether oxygens (including phenoxy) is 2. The van der Waals surface area contributed by atoms with Crippen molar-refractivity contribution >= 4 is 28.9 Å². The van der Waals surface area contributed by atoms with Crippen LogP contribution in [0.15, 0.2) is 42.5 Å². The van der Waals surface area contributed by atoms with Gasteiger partial charge in [-0.05, 0) is 42.3 Å². The van der Waals surface area contributed by atoms with Crippen molar-refractivity contribution in [1.82, 2.24) is 0 Å². The first-order chi connectivity index (χ1) is 14.9. The molecule has 0 unspecified atom stereocenters. The smallest absolute Gasteiger partial charge is 0.346 e. The minimum absolute atomic E-state index is 0.0994. The maximum atomic E-state index is 13.4. The second-order valence-electron chi connectivity index (χ2n) is 7.01. The molecule has 0 saturated carbocycles. The van der Waals surface area contributed by atoms with Crippen LogP contribution in [-0.2, 0) is 4.79 Å². The Morgan fingerprint density at radius 3 is 2.61 bits per heavy atom. The molecule has 1 atom stereocenters. The molecule has 1 aliphatic heterocycles. The highest BCUT2D eigenvalue weighted by Crippen LogP contribution is 2.50. The van der Waals surface area contributed by atoms with Gasteiger partial charge in [0, 0.05) is 22.8 Å². The van der Waals surface area contributed by atoms with Gasteiger partial charge in [0.1, 0.15) is 10.7 Å². The van der Waals surface area contributed by atoms with Gasteiger partial charge in [0.05, 0.1) is 19.4 Å². The van der Waals surface area contributed by atoms with Crippen LogP contribution in [-0.4, -0.2) is 30.7 Å². The minimum atomic E-state index is -1.10. The van der Waals surface area contributed by atoms with Gasteiger partial charge < -0.3 is 19.9 Å². The van der Waals surface area contributed by atoms with Gasteiger partial charge in [-0.3, -0.25) is 4.79 Å². The maximum absolute atomic E-state index is 13.4. The van der Waals surface area contributed by atoms with Crippen LogP contribution in [0.3, 0.4) is 0 Å². The first kappa shape index (κ1) is 20.9. The quantitative estimate of drug-likeness (QED) is 0.554. The molecule has 0 radical (unpaired) electrons. The fraction of sp³-hybridized carbons (Fsp3) is 0.217. The number of carbonyl (C=O) groups is 2. The van der Waals surface area contributed by atoms with Crippen molar-refractivity contribution in [2.24, 2.45) is 0 Å². The third kappa shape index (κ3) is 3.86. The van der Waals surface area contributed by atoms with Crippen LogP contribution in [0, 0.1) is 5.82 Å². The molecule has 0 spiro atoms. The van der Waals surface area contributed by atoms with Crippen LogP contribution in [0.1, 0.15) is 39.4 Å². The normalized spacial score (nSPS) is 15.2. The van der Waals surface area contributed by atoms with E-state index in [1.54, 1.807) is 13.2 Å². The van der Waals surface area contributed by atoms with Gasteiger partial charge in [-0.1, -0.05) is 18.2 Å². The molecule has 160 valence electrons. The summed E-state index contributed by atoms with van der Waals surface area (Å²) in [5, 5.41) is 12.7. The number of hydrogen-bond acceptors (Lipinski definition) is 5. The van der Waals surface area contributed by atoms with Crippen molar-refractivity contribution < 1.29 is 28.6 Å². The molecule has 2 aromatic carbocycles. The minimum Gasteiger partial charge on any atom is -0.493 e. The molecule has 4 rings (SSSR count). The second kappa shape index (κ2) is 8.39. The molecule has 1 aromatic heterocycles. The SMILES string of the molecule is CCOc1cc([C@@H]2CC(=O)Nc3c2sc(C(=O)O)c3-c2ccc(F)cc2)ccc1OC. The molecular formula is C23H20FNO5S. The summed E-state index contributed by atoms with van der Waals surface area (Å²) in [5.74, 6) is -0.945. The third-order valence-electron chi connectivity index (χ3n) is 5.12. The highest BCUT2D eigenvalue weighted by atomic mass is 32.1. The van der Waals surface area contributed by atoms with E-state index in [1.165, 1.54) is 24.3 Å². The lowest BCUT2D eigenvalue weighted by Gasteiger charge is -2.24. The predicted octanol–water partition coefficient (Wildman–Crippen LogP) is 5.13. The Hall–Kier alpha value is -3.39. The van der Waals surface area contributed by atoms with E-state index in [2.05, 4.69) is 5.32 Å². The van der Waals surface area contributed by atoms with Gasteiger partial charge in [-0.15, -0.1) is 11.3 Å². The predicted molar refractivity (Wildman–Crippen MR) is 116 cm³/mol. The van der Waals surface area contributed by atoms with Crippen molar-refractivity contribution in [2.75, 3.05) is 19.0 Å². The Morgan fingerprint density at radius 2 is 1.97 bits per heavy atom. The van der Waals surface area contributed by atoms with E-state index in [9.17, 15) is 19.1 Å². The first-order valence-corrected chi connectivity index (χ1v) is 10.5. The van der Waals surface area contributed by atoms with E-state index < -0.39 is 11.8 Å². The zero-order chi connectivity index (χ0) is 22.1. The number of halogens is 1. The number of benzene rings is 2. The zero-order valence-electron chi connectivity index (χ0n) is 16.9. The van der Waals surface area contributed by atoms with Crippen LogP contribution in [0.5, 0.6) is 11.5 Å². The number of thiophene rings is 1. The van der Waals surface area contributed by atoms with E-state index in [-0.39, 0.29) is 23.1 Å². The van der Waals surface area contributed by atoms with Gasteiger partial charge in [-0.2, -0.15) is 0 Å². The summed E-state index contributed by atoms with van der Waals surface area (Å²) < 4.78 is 24.4. The van der Waals surface area contributed by atoms with Crippen molar-refractivity contribution in [1.29, 1.82) is 0 Å². The standard InChI is InChI=1S/C23H20FNO5S/c1-3-30-17-10-13(6-9-16(17)29-2)15-11-18(26)25-20-19(12-4-7-14(24)8-5-12)22(23(27)28)31-21(15)20/h4-10,15H,3,11H2,1-2H3,(H,25,26)(H,27,28)/t15-/m0/s1. The highest BCUT2D eigenvalue weighted by Gasteiger charge is 2.34. The van der Waals surface area contributed by atoms with Crippen molar-refractivity contribution in [3.8, 4) is 22.6 Å². The second-order valence-corrected chi connectivity index (χ2v) is 8.06. The van der Waals surface area contributed by atoms with E-state index in [0.29, 0.717) is 34.9 Å². The number of carboxylic acid groups (broad SMARTS) is 1. The van der Waals surface area contributed by atoms with Crippen molar-refractivity contribution in [3.63, 3.8) is 0 Å². The Labute approximate surface area is 182 Å². The van der Waals surface area contributed by atoms with Crippen molar-refractivity contribution in [3.05, 3.63) is 63.6 Å². The molecule has 0 saturated heterocycles. The van der Waals surface area contributed by atoms with Crippen LogP contribution >= 0.6 is 11.3 Å². The molecule has 8 heteroatoms. The fourth-order valence-electron chi connectivity index (χ4n) is 3.78. The first-order valence-electron chi connectivity index (χ1n) is 9.69. The summed E-state index contributed by atoms with van der Waals surface area (Å²) in [6.45, 7) is 2.32. The van der Waals surface area contributed by atoms with Crippen LogP contribution in [0.25, 0.3) is 11.1 Å². The maximum Gasteiger partial charge on any atom is 0.346 e. The number of nitrogens with one attached hydrogen (secondary N) is 1. The Balaban J connectivity index is 1.88. The highest BCUT2D eigenvalue weighted by molar-refractivity contribution is 7.15. The summed E-state index contributed by atoms with van der Waals surface area (Å²) >= 11 is 1.12. The number of methoxy groups -OCH3 is 1. The molecule has 2 heterocycles. The summed E-state index contributed by atoms with van der Waals surface area (Å²) in [6, 6.07) is 11.0. The molecule has 6 nitrogen and oxygen atoms in total. The largest absolute Gasteiger partial charge is 0.493 e. The Kier molecular flexibility index (Phi) is 5.65. The number of carbonyl (C=O) groups excluding carboxylic acids is 1. The number of amides is 1. The van der Waals surface area contributed by atoms with Crippen LogP contribution < -0.4 is 14.8 Å². The molecule has 0 fully saturated rings. The monoisotopic (exact) mass is 441 g/mol. The van der Waals surface area contributed by atoms with Crippen molar-refractivity contribution in [2.45, 2.75) is 19.3 Å². The summed E-state index contributed by atoms with van der Waals surface area (Å²) in [4.78, 5) is 25.4. The zero-order valence-corrected chi connectivity index (χ0v) is 17.7. The van der Waals surface area contributed by atoms with E-state index in [0.717, 1.165) is 21.8 Å². The van der Waals surface area contributed by atoms with Gasteiger partial charge in [0.15, 0.2) is 11.5 Å². The molecular weight excluding hydrogens is 421 g/mol. The molecule has 31 heavy (non-hydrogen) atoms. The van der Waals surface area contributed by atoms with Gasteiger partial charge >= 0.3 is 5.97 Å². The Bertz CT molecular complexity index is 1160. The van der Waals surface area contributed by atoms with E-state index >= 15 is 0 Å². The summed E-state index contributed by atoms with van der Waals surface area (Å²) in [6.07, 6.45) is 0.174. The molecule has 0 bridgehead atoms. The average molecular weight is 441 g/mol. The lowest BCUT2D eigenvalue weighted by Crippen LogP contribution is -2.22. The number of anilines is 1. The van der Waals surface area contributed by atoms with Gasteiger partial charge in [0.2, 0.25) is 5.91 Å².